The van der Waals surface area contributed by atoms with Crippen LogP contribution in [0.1, 0.15) is 24.2 Å². The molecule has 124 valence electrons. The fourth-order valence-corrected chi connectivity index (χ4v) is 2.92. The molecule has 0 N–H and O–H groups in total. The third kappa shape index (κ3) is 2.85. The number of para-hydroxylation sites is 3. The van der Waals surface area contributed by atoms with Crippen molar-refractivity contribution < 1.29 is 9.53 Å². The van der Waals surface area contributed by atoms with E-state index in [0.717, 1.165) is 11.0 Å². The van der Waals surface area contributed by atoms with E-state index in [-0.39, 0.29) is 11.5 Å². The van der Waals surface area contributed by atoms with E-state index in [4.69, 9.17) is 4.74 Å². The number of Topliss-reactive ketones (excluding diaryl/α,β-unsaturated/α-hetero) is 1. The maximum Gasteiger partial charge on any atom is 0.329 e. The van der Waals surface area contributed by atoms with E-state index in [1.807, 2.05) is 43.3 Å². The van der Waals surface area contributed by atoms with E-state index < -0.39 is 0 Å². The Kier molecular flexibility index (Phi) is 4.51. The lowest BCUT2D eigenvalue weighted by Gasteiger charge is -2.10. The van der Waals surface area contributed by atoms with Gasteiger partial charge in [-0.2, -0.15) is 0 Å². The minimum absolute atomic E-state index is 0.0367. The second-order valence-corrected chi connectivity index (χ2v) is 5.57. The third-order valence-corrected chi connectivity index (χ3v) is 4.08. The summed E-state index contributed by atoms with van der Waals surface area (Å²) in [4.78, 5) is 24.2. The van der Waals surface area contributed by atoms with Crippen LogP contribution in [0.15, 0.2) is 53.3 Å². The van der Waals surface area contributed by atoms with Crippen molar-refractivity contribution in [3.63, 3.8) is 0 Å². The van der Waals surface area contributed by atoms with Crippen LogP contribution in [0.4, 0.5) is 0 Å². The molecule has 0 aliphatic rings. The molecule has 1 heterocycles. The highest BCUT2D eigenvalue weighted by atomic mass is 16.5. The van der Waals surface area contributed by atoms with Crippen LogP contribution >= 0.6 is 0 Å². The molecule has 2 aromatic carbocycles. The fourth-order valence-electron chi connectivity index (χ4n) is 2.92. The van der Waals surface area contributed by atoms with Gasteiger partial charge in [0.1, 0.15) is 12.4 Å². The van der Waals surface area contributed by atoms with Crippen LogP contribution in [-0.4, -0.2) is 21.5 Å². The Morgan fingerprint density at radius 1 is 1.00 bits per heavy atom. The lowest BCUT2D eigenvalue weighted by molar-refractivity contribution is 0.101. The number of hydrogen-bond acceptors (Lipinski definition) is 3. The Bertz CT molecular complexity index is 937. The second kappa shape index (κ2) is 6.74. The minimum atomic E-state index is -0.0397. The zero-order valence-electron chi connectivity index (χ0n) is 13.9. The van der Waals surface area contributed by atoms with Gasteiger partial charge in [0.05, 0.1) is 23.1 Å². The summed E-state index contributed by atoms with van der Waals surface area (Å²) in [6, 6.07) is 14.9. The highest BCUT2D eigenvalue weighted by molar-refractivity contribution is 5.96. The summed E-state index contributed by atoms with van der Waals surface area (Å²) in [6.07, 6.45) is 0. The fraction of sp³-hybridized carbons (Fsp3) is 0.263. The van der Waals surface area contributed by atoms with E-state index in [1.165, 1.54) is 6.92 Å². The quantitative estimate of drug-likeness (QED) is 0.655. The number of nitrogens with zero attached hydrogens (tertiary/aromatic N) is 2. The maximum atomic E-state index is 12.6. The van der Waals surface area contributed by atoms with Crippen LogP contribution in [-0.2, 0) is 13.1 Å². The molecule has 0 aliphatic carbocycles. The molecule has 0 spiro atoms. The summed E-state index contributed by atoms with van der Waals surface area (Å²) < 4.78 is 9.23. The molecule has 0 fully saturated rings. The van der Waals surface area contributed by atoms with Crippen LogP contribution < -0.4 is 10.4 Å². The molecule has 0 atom stereocenters. The first kappa shape index (κ1) is 16.1. The standard InChI is InChI=1S/C19H20N2O3/c1-3-20-16-9-5-6-10-17(16)21(19(20)23)12-13-24-18-11-7-4-8-15(18)14(2)22/h4-11H,3,12-13H2,1-2H3. The second-order valence-electron chi connectivity index (χ2n) is 5.57. The number of imidazole rings is 1. The number of ether oxygens (including phenoxy) is 1. The SMILES string of the molecule is CCn1c(=O)n(CCOc2ccccc2C(C)=O)c2ccccc21. The van der Waals surface area contributed by atoms with E-state index >= 15 is 0 Å². The van der Waals surface area contributed by atoms with Gasteiger partial charge in [0.25, 0.3) is 0 Å². The molecule has 1 aromatic heterocycles. The average Bonchev–Trinajstić information content (AvgIpc) is 2.86. The Labute approximate surface area is 140 Å². The van der Waals surface area contributed by atoms with Crippen LogP contribution in [0.5, 0.6) is 5.75 Å². The topological polar surface area (TPSA) is 53.2 Å². The first-order valence-corrected chi connectivity index (χ1v) is 8.04. The van der Waals surface area contributed by atoms with Gasteiger partial charge in [-0.1, -0.05) is 24.3 Å². The predicted octanol–water partition coefficient (Wildman–Crippen LogP) is 3.10. The molecule has 24 heavy (non-hydrogen) atoms. The number of carbonyl (C=O) groups excluding carboxylic acids is 1. The highest BCUT2D eigenvalue weighted by Gasteiger charge is 2.12. The van der Waals surface area contributed by atoms with Crippen molar-refractivity contribution in [1.29, 1.82) is 0 Å². The summed E-state index contributed by atoms with van der Waals surface area (Å²) in [5, 5.41) is 0. The monoisotopic (exact) mass is 324 g/mol. The van der Waals surface area contributed by atoms with Crippen molar-refractivity contribution in [1.82, 2.24) is 9.13 Å². The van der Waals surface area contributed by atoms with Gasteiger partial charge in [0.15, 0.2) is 5.78 Å². The number of aryl methyl sites for hydroxylation is 1. The predicted molar refractivity (Wildman–Crippen MR) is 93.8 cm³/mol. The summed E-state index contributed by atoms with van der Waals surface area (Å²) in [7, 11) is 0. The normalized spacial score (nSPS) is 10.9. The molecule has 3 rings (SSSR count). The molecule has 0 bridgehead atoms. The van der Waals surface area contributed by atoms with Gasteiger partial charge in [-0.25, -0.2) is 4.79 Å². The minimum Gasteiger partial charge on any atom is -0.491 e. The van der Waals surface area contributed by atoms with Gasteiger partial charge < -0.3 is 4.74 Å². The Balaban J connectivity index is 1.84. The molecule has 0 saturated carbocycles. The summed E-state index contributed by atoms with van der Waals surface area (Å²) in [6.45, 7) is 4.85. The van der Waals surface area contributed by atoms with Crippen molar-refractivity contribution in [2.24, 2.45) is 0 Å². The lowest BCUT2D eigenvalue weighted by atomic mass is 10.1. The van der Waals surface area contributed by atoms with Crippen molar-refractivity contribution in [3.8, 4) is 5.75 Å². The number of hydrogen-bond donors (Lipinski definition) is 0. The number of fused-ring (bicyclic) bond motifs is 1. The Hall–Kier alpha value is -2.82. The van der Waals surface area contributed by atoms with Gasteiger partial charge >= 0.3 is 5.69 Å². The zero-order chi connectivity index (χ0) is 17.1. The molecule has 0 radical (unpaired) electrons. The number of benzene rings is 2. The van der Waals surface area contributed by atoms with E-state index in [0.29, 0.717) is 31.0 Å². The number of aromatic nitrogens is 2. The molecule has 5 nitrogen and oxygen atoms in total. The van der Waals surface area contributed by atoms with Crippen LogP contribution in [0.2, 0.25) is 0 Å². The van der Waals surface area contributed by atoms with Gasteiger partial charge in [-0.3, -0.25) is 13.9 Å². The van der Waals surface area contributed by atoms with Crippen LogP contribution in [0.3, 0.4) is 0 Å². The molecular weight excluding hydrogens is 304 g/mol. The van der Waals surface area contributed by atoms with Crippen LogP contribution in [0.25, 0.3) is 11.0 Å². The van der Waals surface area contributed by atoms with E-state index in [9.17, 15) is 9.59 Å². The summed E-state index contributed by atoms with van der Waals surface area (Å²) in [5.41, 5.74) is 2.34. The zero-order valence-corrected chi connectivity index (χ0v) is 13.9. The Morgan fingerprint density at radius 2 is 1.62 bits per heavy atom. The number of rotatable bonds is 6. The first-order chi connectivity index (χ1) is 11.6. The first-order valence-electron chi connectivity index (χ1n) is 8.04. The van der Waals surface area contributed by atoms with Gasteiger partial charge in [-0.15, -0.1) is 0 Å². The molecule has 5 heteroatoms. The van der Waals surface area contributed by atoms with Gasteiger partial charge in [0.2, 0.25) is 0 Å². The van der Waals surface area contributed by atoms with E-state index in [2.05, 4.69) is 0 Å². The average molecular weight is 324 g/mol. The maximum absolute atomic E-state index is 12.6. The van der Waals surface area contributed by atoms with Crippen LogP contribution in [0, 0.1) is 0 Å². The molecular formula is C19H20N2O3. The summed E-state index contributed by atoms with van der Waals surface area (Å²) in [5.74, 6) is 0.516. The smallest absolute Gasteiger partial charge is 0.329 e. The van der Waals surface area contributed by atoms with Gasteiger partial charge in [-0.05, 0) is 38.1 Å². The molecule has 0 aliphatic heterocycles. The molecule has 0 unspecified atom stereocenters. The number of ketones is 1. The largest absolute Gasteiger partial charge is 0.491 e. The third-order valence-electron chi connectivity index (χ3n) is 4.08. The number of carbonyl (C=O) groups is 1. The highest BCUT2D eigenvalue weighted by Crippen LogP contribution is 2.19. The van der Waals surface area contributed by atoms with Crippen molar-refractivity contribution in [2.75, 3.05) is 6.61 Å². The van der Waals surface area contributed by atoms with Crippen molar-refractivity contribution in [3.05, 3.63) is 64.6 Å². The van der Waals surface area contributed by atoms with Gasteiger partial charge in [0, 0.05) is 6.54 Å². The van der Waals surface area contributed by atoms with Crippen molar-refractivity contribution in [2.45, 2.75) is 26.9 Å². The lowest BCUT2D eigenvalue weighted by Crippen LogP contribution is -2.26. The molecule has 3 aromatic rings. The van der Waals surface area contributed by atoms with E-state index in [1.54, 1.807) is 21.3 Å². The molecule has 0 saturated heterocycles. The Morgan fingerprint density at radius 3 is 2.29 bits per heavy atom. The van der Waals surface area contributed by atoms with Crippen molar-refractivity contribution >= 4 is 16.8 Å². The molecule has 0 amide bonds. The summed E-state index contributed by atoms with van der Waals surface area (Å²) >= 11 is 0.